The number of halogens is 1. The first-order chi connectivity index (χ1) is 41.4. The molecule has 1 amide bonds. The molecule has 1 aliphatic carbocycles. The number of rotatable bonds is 14. The Balaban J connectivity index is 0.000000522. The molecule has 1 aromatic heterocycles. The van der Waals surface area contributed by atoms with Gasteiger partial charge in [0.2, 0.25) is 5.79 Å². The number of amides is 1. The number of nitrogens with zero attached hydrogens (tertiary/aromatic N) is 3. The van der Waals surface area contributed by atoms with E-state index in [0.717, 1.165) is 53.1 Å². The van der Waals surface area contributed by atoms with Crippen molar-refractivity contribution in [3.8, 4) is 0 Å². The van der Waals surface area contributed by atoms with E-state index in [9.17, 15) is 39.3 Å². The summed E-state index contributed by atoms with van der Waals surface area (Å²) in [5.41, 5.74) is 3.34. The van der Waals surface area contributed by atoms with Crippen molar-refractivity contribution in [1.29, 1.82) is 0 Å². The number of pyridine rings is 1. The number of esters is 1. The Morgan fingerprint density at radius 3 is 2.30 bits per heavy atom. The van der Waals surface area contributed by atoms with E-state index in [1.54, 1.807) is 41.1 Å². The largest absolute Gasteiger partial charge is 0.460 e. The summed E-state index contributed by atoms with van der Waals surface area (Å²) < 4.78 is 29.4. The van der Waals surface area contributed by atoms with Crippen LogP contribution >= 0.6 is 11.6 Å². The molecule has 6 rings (SSSR count). The Labute approximate surface area is 524 Å². The average molecular weight is 1230 g/mol. The molecule has 17 nitrogen and oxygen atoms in total. The van der Waals surface area contributed by atoms with Crippen LogP contribution in [0.3, 0.4) is 0 Å². The quantitative estimate of drug-likeness (QED) is 0.0784. The number of aliphatic hydroxyl groups is 3. The van der Waals surface area contributed by atoms with E-state index in [0.29, 0.717) is 69.4 Å². The maximum atomic E-state index is 14.4. The van der Waals surface area contributed by atoms with Crippen LogP contribution in [0.2, 0.25) is 5.02 Å². The number of carbonyl (C=O) groups excluding carboxylic acids is 5. The number of ether oxygens (including phenoxy) is 5. The maximum Gasteiger partial charge on any atom is 0.329 e. The lowest BCUT2D eigenvalue weighted by molar-refractivity contribution is -0.265. The fourth-order valence-electron chi connectivity index (χ4n) is 12.9. The van der Waals surface area contributed by atoms with Gasteiger partial charge in [0, 0.05) is 86.8 Å². The van der Waals surface area contributed by atoms with Gasteiger partial charge >= 0.3 is 5.97 Å². The van der Waals surface area contributed by atoms with Gasteiger partial charge in [0.25, 0.3) is 11.7 Å². The van der Waals surface area contributed by atoms with Gasteiger partial charge < -0.3 is 54.1 Å². The number of aliphatic hydroxyl groups excluding tert-OH is 2. The molecule has 0 radical (unpaired) electrons. The highest BCUT2D eigenvalue weighted by Gasteiger charge is 2.53. The van der Waals surface area contributed by atoms with E-state index in [-0.39, 0.29) is 54.8 Å². The molecule has 2 saturated heterocycles. The monoisotopic (exact) mass is 1230 g/mol. The van der Waals surface area contributed by atoms with Crippen LogP contribution in [0.1, 0.15) is 159 Å². The predicted octanol–water partition coefficient (Wildman–Crippen LogP) is 11.0. The van der Waals surface area contributed by atoms with Crippen LogP contribution in [-0.2, 0) is 47.7 Å². The van der Waals surface area contributed by atoms with Gasteiger partial charge in [-0.25, -0.2) is 4.79 Å². The van der Waals surface area contributed by atoms with Crippen molar-refractivity contribution in [1.82, 2.24) is 14.8 Å². The Hall–Kier alpha value is -4.69. The van der Waals surface area contributed by atoms with Crippen LogP contribution in [0.4, 0.5) is 5.69 Å². The fraction of sp³-hybridized carbons (Fsp3) is 0.681. The topological polar surface area (TPSA) is 224 Å². The van der Waals surface area contributed by atoms with E-state index < -0.39 is 83.9 Å². The number of carbonyl (C=O) groups is 5. The molecule has 18 heteroatoms. The second kappa shape index (κ2) is 35.6. The molecule has 87 heavy (non-hydrogen) atoms. The molecule has 486 valence electrons. The van der Waals surface area contributed by atoms with Crippen molar-refractivity contribution in [3.63, 3.8) is 0 Å². The zero-order valence-corrected chi connectivity index (χ0v) is 55.1. The van der Waals surface area contributed by atoms with Gasteiger partial charge in [-0.1, -0.05) is 96.5 Å². The molecule has 4 aliphatic rings. The van der Waals surface area contributed by atoms with Crippen molar-refractivity contribution < 1.29 is 63.0 Å². The van der Waals surface area contributed by atoms with Crippen LogP contribution in [0, 0.1) is 35.5 Å². The smallest absolute Gasteiger partial charge is 0.329 e. The first-order valence-corrected chi connectivity index (χ1v) is 32.5. The molecule has 4 heterocycles. The molecule has 3 aliphatic heterocycles. The third kappa shape index (κ3) is 20.9. The number of allylic oxidation sites excluding steroid dienone is 6. The van der Waals surface area contributed by atoms with E-state index in [1.807, 2.05) is 88.5 Å². The van der Waals surface area contributed by atoms with Crippen LogP contribution in [0.15, 0.2) is 78.1 Å². The minimum atomic E-state index is -2.43. The number of anilines is 1. The highest BCUT2D eigenvalue weighted by Crippen LogP contribution is 2.38. The lowest BCUT2D eigenvalue weighted by Crippen LogP contribution is -2.61. The summed E-state index contributed by atoms with van der Waals surface area (Å²) in [6, 6.07) is 7.21. The second-order valence-electron chi connectivity index (χ2n) is 25.3. The molecular formula is C69H105ClN4O13. The first kappa shape index (κ1) is 73.0. The molecule has 3 fully saturated rings. The molecular weight excluding hydrogens is 1130 g/mol. The summed E-state index contributed by atoms with van der Waals surface area (Å²) in [7, 11) is 4.52. The predicted molar refractivity (Wildman–Crippen MR) is 342 cm³/mol. The Morgan fingerprint density at radius 1 is 0.874 bits per heavy atom. The van der Waals surface area contributed by atoms with E-state index in [2.05, 4.69) is 36.0 Å². The van der Waals surface area contributed by atoms with Crippen LogP contribution in [0.25, 0.3) is 10.9 Å². The van der Waals surface area contributed by atoms with Gasteiger partial charge in [0.1, 0.15) is 30.1 Å². The molecule has 16 atom stereocenters. The molecule has 1 saturated carbocycles. The highest BCUT2D eigenvalue weighted by atomic mass is 35.5. The number of hydrogen-bond donors (Lipinski definition) is 4. The van der Waals surface area contributed by atoms with E-state index >= 15 is 0 Å². The van der Waals surface area contributed by atoms with Gasteiger partial charge in [0.05, 0.1) is 29.9 Å². The minimum Gasteiger partial charge on any atom is -0.460 e. The summed E-state index contributed by atoms with van der Waals surface area (Å²) in [5.74, 6) is -7.96. The lowest BCUT2D eigenvalue weighted by atomic mass is 9.78. The van der Waals surface area contributed by atoms with Crippen LogP contribution < -0.4 is 5.32 Å². The Kier molecular flexibility index (Phi) is 29.9. The number of hydrogen-bond acceptors (Lipinski definition) is 16. The Morgan fingerprint density at radius 2 is 1.61 bits per heavy atom. The number of benzene rings is 1. The zero-order chi connectivity index (χ0) is 64.1. The maximum absolute atomic E-state index is 14.4. The number of piperidine rings is 1. The molecule has 1 unspecified atom stereocenters. The first-order valence-electron chi connectivity index (χ1n) is 32.1. The van der Waals surface area contributed by atoms with Crippen molar-refractivity contribution in [3.05, 3.63) is 83.1 Å². The van der Waals surface area contributed by atoms with Gasteiger partial charge in [-0.2, -0.15) is 0 Å². The molecule has 1 aromatic carbocycles. The summed E-state index contributed by atoms with van der Waals surface area (Å²) in [4.78, 5) is 78.6. The summed E-state index contributed by atoms with van der Waals surface area (Å²) in [5, 5.41) is 39.3. The van der Waals surface area contributed by atoms with Gasteiger partial charge in [0.15, 0.2) is 5.78 Å². The summed E-state index contributed by atoms with van der Waals surface area (Å²) in [6.45, 7) is 22.9. The Bertz CT molecular complexity index is 2680. The number of Topliss-reactive ketones (excluding diaryl/α,β-unsaturated/α-hetero) is 3. The van der Waals surface area contributed by atoms with E-state index in [1.165, 1.54) is 25.0 Å². The molecule has 2 aromatic rings. The standard InChI is InChI=1S/C51H79NO13.C18H26ClN3/c1-30-16-12-11-13-17-31(2)42(61-8)28-38-21-19-36(7)51(60,65-38)48(57)49(58)52-23-15-14-18-39(52)50(59)64-43(33(4)26-37-20-22-40(53)44(27-37)62-9)29-41(54)32(3)25-35(6)46(56)47(63-10)45(55)34(5)24-30;1-4-22(5-2)12-6-7-14(3)21-17-10-11-20-18-13-15(19)8-9-16(17)18/h11-13,16-17,25,30,32-34,36-40,42-44,46-47,53,56,60H,14-15,18-24,26-29H2,1-10H3;8-11,13-14H,4-7,12H2,1-3H3,(H,20,21)/b13-11+,16-12+,31-17+,35-25+;/t30-,32-,33-,34-,36-,37+,38+,39+,40-,42+,43+,44-,46-,47+,51-;/m1./s1. The number of cyclic esters (lactones) is 1. The molecule has 4 N–H and O–H groups in total. The zero-order valence-electron chi connectivity index (χ0n) is 54.4. The van der Waals surface area contributed by atoms with Crippen LogP contribution in [-0.4, -0.2) is 167 Å². The fourth-order valence-corrected chi connectivity index (χ4v) is 13.0. The lowest BCUT2D eigenvalue weighted by Gasteiger charge is -2.42. The van der Waals surface area contributed by atoms with Crippen molar-refractivity contribution >= 4 is 57.4 Å². The third-order valence-electron chi connectivity index (χ3n) is 18.6. The van der Waals surface area contributed by atoms with Gasteiger partial charge in [-0.05, 0) is 171 Å². The second-order valence-corrected chi connectivity index (χ2v) is 25.8. The minimum absolute atomic E-state index is 0.0193. The molecule has 0 spiro atoms. The van der Waals surface area contributed by atoms with Crippen molar-refractivity contribution in [2.24, 2.45) is 35.5 Å². The number of ketones is 3. The van der Waals surface area contributed by atoms with Gasteiger partial charge in [-0.3, -0.25) is 24.2 Å². The normalized spacial score (nSPS) is 33.4. The highest BCUT2D eigenvalue weighted by molar-refractivity contribution is 6.39. The SMILES string of the molecule is CCN(CC)CCCC(C)Nc1ccnc2cc(Cl)ccc12.CO[C@H]1C[C@@H]2CC[C@@H](C)[C@@](O)(O2)C(=O)C(=O)N2CCCC[C@H]2C(=O)O[C@H]([C@H](C)C[C@@H]2CC[C@@H](O)[C@H](OC)C2)CC(=O)[C@H](C)/C=C(\C)[C@@H](O)[C@@H](OC)C(=O)[C@H](C)C[C@H](C)/C=C/C=C/C=C/1C. The van der Waals surface area contributed by atoms with E-state index in [4.69, 9.17) is 35.3 Å². The average Bonchev–Trinajstić information content (AvgIpc) is 0.977. The number of methoxy groups -OCH3 is 3. The molecule has 2 bridgehead atoms. The van der Waals surface area contributed by atoms with Crippen molar-refractivity contribution in [2.75, 3.05) is 52.8 Å². The third-order valence-corrected chi connectivity index (χ3v) is 18.8. The summed E-state index contributed by atoms with van der Waals surface area (Å²) >= 11 is 6.04. The van der Waals surface area contributed by atoms with Crippen molar-refractivity contribution in [2.45, 2.75) is 220 Å². The number of nitrogens with one attached hydrogen (secondary N) is 1. The van der Waals surface area contributed by atoms with Gasteiger partial charge in [-0.15, -0.1) is 0 Å². The number of aromatic nitrogens is 1. The van der Waals surface area contributed by atoms with Crippen LogP contribution in [0.5, 0.6) is 0 Å². The number of fused-ring (bicyclic) bond motifs is 4. The summed E-state index contributed by atoms with van der Waals surface area (Å²) in [6.07, 6.45) is 15.4.